The van der Waals surface area contributed by atoms with E-state index in [0.29, 0.717) is 10.8 Å². The number of hydrogen-bond acceptors (Lipinski definition) is 2. The topological polar surface area (TPSA) is 47.6 Å². The number of benzene rings is 1. The Kier molecular flexibility index (Phi) is 3.29. The summed E-state index contributed by atoms with van der Waals surface area (Å²) >= 11 is 5.64. The maximum atomic E-state index is 8.64. The fourth-order valence-electron chi connectivity index (χ4n) is 0.996. The Hall–Kier alpha value is -1.77. The van der Waals surface area contributed by atoms with Crippen molar-refractivity contribution in [3.05, 3.63) is 34.7 Å². The molecule has 1 aromatic carbocycles. The summed E-state index contributed by atoms with van der Waals surface area (Å²) in [4.78, 5) is 0. The fraction of sp³-hybridized carbons (Fsp3) is 0.0909. The van der Waals surface area contributed by atoms with Crippen molar-refractivity contribution in [1.29, 1.82) is 10.5 Å². The van der Waals surface area contributed by atoms with Gasteiger partial charge in [-0.15, -0.1) is 0 Å². The summed E-state index contributed by atoms with van der Waals surface area (Å²) in [6, 6.07) is 10.9. The van der Waals surface area contributed by atoms with Crippen LogP contribution in [-0.4, -0.2) is 0 Å². The third-order valence-corrected chi connectivity index (χ3v) is 2.14. The van der Waals surface area contributed by atoms with Gasteiger partial charge < -0.3 is 0 Å². The van der Waals surface area contributed by atoms with Gasteiger partial charge in [-0.05, 0) is 12.1 Å². The molecule has 0 spiro atoms. The Bertz CT molecular complexity index is 470. The molecule has 1 rings (SSSR count). The standard InChI is InChI=1S/C11H7ClN2/c1-8(6-13)9-2-4-10(5-3-9)11(12)7-14/h2-5H,1H3. The van der Waals surface area contributed by atoms with Gasteiger partial charge in [-0.1, -0.05) is 35.9 Å². The van der Waals surface area contributed by atoms with Gasteiger partial charge in [-0.25, -0.2) is 0 Å². The SMILES string of the molecule is CC(C#N)=c1ccc(=C(Cl)C#N)cc1. The lowest BCUT2D eigenvalue weighted by molar-refractivity contribution is 1.47. The molecule has 0 heterocycles. The maximum absolute atomic E-state index is 8.64. The molecule has 0 amide bonds. The van der Waals surface area contributed by atoms with Gasteiger partial charge in [-0.3, -0.25) is 0 Å². The maximum Gasteiger partial charge on any atom is 0.125 e. The van der Waals surface area contributed by atoms with Crippen LogP contribution in [0.4, 0.5) is 0 Å². The monoisotopic (exact) mass is 202 g/mol. The lowest BCUT2D eigenvalue weighted by Crippen LogP contribution is -2.09. The van der Waals surface area contributed by atoms with Crippen LogP contribution in [0.1, 0.15) is 6.92 Å². The lowest BCUT2D eigenvalue weighted by atomic mass is 10.2. The largest absolute Gasteiger partial charge is 0.193 e. The molecular formula is C11H7ClN2. The normalized spacial score (nSPS) is 8.57. The van der Waals surface area contributed by atoms with E-state index >= 15 is 0 Å². The summed E-state index contributed by atoms with van der Waals surface area (Å²) in [5.41, 5.74) is 0.643. The van der Waals surface area contributed by atoms with E-state index in [4.69, 9.17) is 22.1 Å². The molecule has 0 saturated heterocycles. The van der Waals surface area contributed by atoms with Gasteiger partial charge in [0.05, 0.1) is 6.07 Å². The van der Waals surface area contributed by atoms with Crippen LogP contribution in [0.5, 0.6) is 0 Å². The number of halogens is 1. The van der Waals surface area contributed by atoms with Crippen molar-refractivity contribution in [2.24, 2.45) is 0 Å². The van der Waals surface area contributed by atoms with Gasteiger partial charge in [-0.2, -0.15) is 10.5 Å². The van der Waals surface area contributed by atoms with Gasteiger partial charge in [0, 0.05) is 10.8 Å². The van der Waals surface area contributed by atoms with E-state index in [1.165, 1.54) is 0 Å². The molecule has 0 bridgehead atoms. The van der Waals surface area contributed by atoms with Gasteiger partial charge >= 0.3 is 0 Å². The quantitative estimate of drug-likeness (QED) is 0.636. The zero-order chi connectivity index (χ0) is 10.6. The zero-order valence-corrected chi connectivity index (χ0v) is 8.34. The van der Waals surface area contributed by atoms with Crippen LogP contribution < -0.4 is 10.4 Å². The zero-order valence-electron chi connectivity index (χ0n) is 7.58. The van der Waals surface area contributed by atoms with Crippen LogP contribution in [0.15, 0.2) is 24.3 Å². The molecule has 0 aliphatic carbocycles. The van der Waals surface area contributed by atoms with E-state index in [2.05, 4.69) is 6.07 Å². The van der Waals surface area contributed by atoms with Crippen LogP contribution in [-0.2, 0) is 0 Å². The third-order valence-electron chi connectivity index (χ3n) is 1.84. The van der Waals surface area contributed by atoms with Crippen molar-refractivity contribution in [1.82, 2.24) is 0 Å². The molecule has 0 aromatic heterocycles. The average Bonchev–Trinajstić information content (AvgIpc) is 2.27. The molecule has 0 fully saturated rings. The summed E-state index contributed by atoms with van der Waals surface area (Å²) in [5, 5.41) is 18.9. The van der Waals surface area contributed by atoms with Crippen LogP contribution in [0.25, 0.3) is 10.6 Å². The van der Waals surface area contributed by atoms with E-state index in [1.807, 2.05) is 6.07 Å². The predicted octanol–water partition coefficient (Wildman–Crippen LogP) is 1.25. The second kappa shape index (κ2) is 4.46. The number of hydrogen-bond donors (Lipinski definition) is 0. The molecule has 68 valence electrons. The number of nitriles is 2. The summed E-state index contributed by atoms with van der Waals surface area (Å²) in [5.74, 6) is 0. The van der Waals surface area contributed by atoms with E-state index in [1.54, 1.807) is 31.2 Å². The van der Waals surface area contributed by atoms with Crippen LogP contribution >= 0.6 is 11.6 Å². The number of nitrogens with zero attached hydrogens (tertiary/aromatic N) is 2. The first-order valence-corrected chi connectivity index (χ1v) is 4.34. The fourth-order valence-corrected chi connectivity index (χ4v) is 1.12. The smallest absolute Gasteiger partial charge is 0.125 e. The van der Waals surface area contributed by atoms with Crippen LogP contribution in [0.2, 0.25) is 0 Å². The highest BCUT2D eigenvalue weighted by molar-refractivity contribution is 6.48. The second-order valence-electron chi connectivity index (χ2n) is 2.74. The van der Waals surface area contributed by atoms with Crippen LogP contribution in [0, 0.1) is 22.7 Å². The van der Waals surface area contributed by atoms with E-state index < -0.39 is 0 Å². The van der Waals surface area contributed by atoms with E-state index in [-0.39, 0.29) is 5.03 Å². The van der Waals surface area contributed by atoms with E-state index in [0.717, 1.165) is 5.22 Å². The first-order chi connectivity index (χ1) is 6.69. The van der Waals surface area contributed by atoms with Crippen molar-refractivity contribution < 1.29 is 0 Å². The van der Waals surface area contributed by atoms with Gasteiger partial charge in [0.25, 0.3) is 0 Å². The minimum Gasteiger partial charge on any atom is -0.193 e. The minimum atomic E-state index is 0.158. The highest BCUT2D eigenvalue weighted by Crippen LogP contribution is 1.95. The molecular weight excluding hydrogens is 196 g/mol. The minimum absolute atomic E-state index is 0.158. The molecule has 0 aliphatic heterocycles. The summed E-state index contributed by atoms with van der Waals surface area (Å²) in [7, 11) is 0. The predicted molar refractivity (Wildman–Crippen MR) is 55.3 cm³/mol. The summed E-state index contributed by atoms with van der Waals surface area (Å²) in [6.45, 7) is 1.74. The Balaban J connectivity index is 3.45. The van der Waals surface area contributed by atoms with E-state index in [9.17, 15) is 0 Å². The van der Waals surface area contributed by atoms with Gasteiger partial charge in [0.15, 0.2) is 0 Å². The summed E-state index contributed by atoms with van der Waals surface area (Å²) in [6.07, 6.45) is 0. The van der Waals surface area contributed by atoms with Gasteiger partial charge in [0.1, 0.15) is 11.1 Å². The molecule has 0 aliphatic rings. The molecule has 14 heavy (non-hydrogen) atoms. The highest BCUT2D eigenvalue weighted by Gasteiger charge is 1.91. The first-order valence-electron chi connectivity index (χ1n) is 3.96. The van der Waals surface area contributed by atoms with Crippen LogP contribution in [0.3, 0.4) is 0 Å². The highest BCUT2D eigenvalue weighted by atomic mass is 35.5. The molecule has 0 saturated carbocycles. The lowest BCUT2D eigenvalue weighted by Gasteiger charge is -1.89. The third kappa shape index (κ3) is 2.13. The molecule has 2 nitrogen and oxygen atoms in total. The van der Waals surface area contributed by atoms with Crippen molar-refractivity contribution in [2.75, 3.05) is 0 Å². The average molecular weight is 203 g/mol. The van der Waals surface area contributed by atoms with Crippen molar-refractivity contribution in [3.63, 3.8) is 0 Å². The van der Waals surface area contributed by atoms with Crippen molar-refractivity contribution >= 4 is 22.2 Å². The first kappa shape index (κ1) is 10.3. The second-order valence-corrected chi connectivity index (χ2v) is 3.12. The molecule has 0 atom stereocenters. The Morgan fingerprint density at radius 1 is 1.07 bits per heavy atom. The molecule has 0 radical (unpaired) electrons. The Morgan fingerprint density at radius 3 is 2.00 bits per heavy atom. The van der Waals surface area contributed by atoms with Crippen molar-refractivity contribution in [3.8, 4) is 12.1 Å². The molecule has 0 N–H and O–H groups in total. The molecule has 1 aromatic rings. The van der Waals surface area contributed by atoms with Crippen molar-refractivity contribution in [2.45, 2.75) is 6.92 Å². The summed E-state index contributed by atoms with van der Waals surface area (Å²) < 4.78 is 0. The Labute approximate surface area is 87.0 Å². The van der Waals surface area contributed by atoms with Gasteiger partial charge in [0.2, 0.25) is 0 Å². The molecule has 0 unspecified atom stereocenters. The number of rotatable bonds is 0. The molecule has 3 heteroatoms. The Morgan fingerprint density at radius 2 is 1.57 bits per heavy atom.